The molecule has 2 heterocycles. The molecule has 1 aromatic rings. The Balaban J connectivity index is 2.02. The molecular weight excluding hydrogens is 296 g/mol. The SMILES string of the molecule is CC(C)NCc1ccc(S(=O)(=O)NC2CCOC2C)s1. The van der Waals surface area contributed by atoms with Crippen LogP contribution in [0.15, 0.2) is 16.3 Å². The van der Waals surface area contributed by atoms with Crippen LogP contribution in [0.25, 0.3) is 0 Å². The van der Waals surface area contributed by atoms with Crippen molar-refractivity contribution in [1.29, 1.82) is 0 Å². The maximum absolute atomic E-state index is 12.3. The monoisotopic (exact) mass is 318 g/mol. The minimum atomic E-state index is -3.43. The summed E-state index contributed by atoms with van der Waals surface area (Å²) in [5, 5.41) is 3.28. The molecule has 2 rings (SSSR count). The van der Waals surface area contributed by atoms with Crippen LogP contribution < -0.4 is 10.0 Å². The molecule has 5 nitrogen and oxygen atoms in total. The third-order valence-electron chi connectivity index (χ3n) is 3.27. The first-order chi connectivity index (χ1) is 9.38. The van der Waals surface area contributed by atoms with Gasteiger partial charge in [0.2, 0.25) is 10.0 Å². The molecule has 1 saturated heterocycles. The van der Waals surface area contributed by atoms with Gasteiger partial charge in [0, 0.05) is 24.1 Å². The van der Waals surface area contributed by atoms with Crippen molar-refractivity contribution in [3.05, 3.63) is 17.0 Å². The number of hydrogen-bond acceptors (Lipinski definition) is 5. The van der Waals surface area contributed by atoms with Gasteiger partial charge in [-0.2, -0.15) is 0 Å². The smallest absolute Gasteiger partial charge is 0.250 e. The van der Waals surface area contributed by atoms with Gasteiger partial charge in [0.1, 0.15) is 4.21 Å². The maximum atomic E-state index is 12.3. The second-order valence-corrected chi connectivity index (χ2v) is 8.46. The van der Waals surface area contributed by atoms with E-state index in [1.165, 1.54) is 11.3 Å². The standard InChI is InChI=1S/C13H22N2O3S2/c1-9(2)14-8-11-4-5-13(19-11)20(16,17)15-12-6-7-18-10(12)3/h4-5,9-10,12,14-15H,6-8H2,1-3H3. The highest BCUT2D eigenvalue weighted by atomic mass is 32.2. The van der Waals surface area contributed by atoms with Crippen molar-refractivity contribution in [1.82, 2.24) is 10.0 Å². The topological polar surface area (TPSA) is 67.4 Å². The average molecular weight is 318 g/mol. The van der Waals surface area contributed by atoms with Crippen molar-refractivity contribution < 1.29 is 13.2 Å². The minimum Gasteiger partial charge on any atom is -0.377 e. The molecule has 0 aliphatic carbocycles. The Labute approximate surface area is 124 Å². The molecule has 0 amide bonds. The fraction of sp³-hybridized carbons (Fsp3) is 0.692. The third-order valence-corrected chi connectivity index (χ3v) is 6.34. The normalized spacial score (nSPS) is 23.6. The van der Waals surface area contributed by atoms with E-state index in [9.17, 15) is 8.42 Å². The van der Waals surface area contributed by atoms with E-state index in [0.29, 0.717) is 23.4 Å². The molecular formula is C13H22N2O3S2. The predicted molar refractivity (Wildman–Crippen MR) is 80.4 cm³/mol. The molecule has 2 N–H and O–H groups in total. The van der Waals surface area contributed by atoms with Gasteiger partial charge in [0.05, 0.1) is 12.1 Å². The molecule has 0 bridgehead atoms. The molecule has 20 heavy (non-hydrogen) atoms. The number of hydrogen-bond donors (Lipinski definition) is 2. The van der Waals surface area contributed by atoms with Crippen LogP contribution in [0.1, 0.15) is 32.1 Å². The molecule has 7 heteroatoms. The Hall–Kier alpha value is -0.470. The van der Waals surface area contributed by atoms with Crippen molar-refractivity contribution in [2.75, 3.05) is 6.61 Å². The van der Waals surface area contributed by atoms with Crippen molar-refractivity contribution in [2.45, 2.75) is 56.1 Å². The van der Waals surface area contributed by atoms with Gasteiger partial charge in [-0.3, -0.25) is 0 Å². The van der Waals surface area contributed by atoms with Crippen LogP contribution in [0.4, 0.5) is 0 Å². The summed E-state index contributed by atoms with van der Waals surface area (Å²) in [4.78, 5) is 1.02. The van der Waals surface area contributed by atoms with Crippen LogP contribution >= 0.6 is 11.3 Å². The number of sulfonamides is 1. The third kappa shape index (κ3) is 4.02. The first-order valence-electron chi connectivity index (χ1n) is 6.84. The van der Waals surface area contributed by atoms with Crippen LogP contribution in [-0.2, 0) is 21.3 Å². The van der Waals surface area contributed by atoms with E-state index in [4.69, 9.17) is 4.74 Å². The quantitative estimate of drug-likeness (QED) is 0.838. The highest BCUT2D eigenvalue weighted by Crippen LogP contribution is 2.23. The Bertz CT molecular complexity index is 540. The zero-order valence-corrected chi connectivity index (χ0v) is 13.7. The second kappa shape index (κ2) is 6.53. The highest BCUT2D eigenvalue weighted by Gasteiger charge is 2.29. The minimum absolute atomic E-state index is 0.0631. The second-order valence-electron chi connectivity index (χ2n) is 5.35. The lowest BCUT2D eigenvalue weighted by Gasteiger charge is -2.15. The van der Waals surface area contributed by atoms with Crippen molar-refractivity contribution >= 4 is 21.4 Å². The molecule has 114 valence electrons. The zero-order valence-electron chi connectivity index (χ0n) is 12.0. The summed E-state index contributed by atoms with van der Waals surface area (Å²) in [6, 6.07) is 3.79. The van der Waals surface area contributed by atoms with Crippen molar-refractivity contribution in [2.24, 2.45) is 0 Å². The molecule has 1 aliphatic heterocycles. The van der Waals surface area contributed by atoms with E-state index in [1.54, 1.807) is 6.07 Å². The lowest BCUT2D eigenvalue weighted by atomic mass is 10.2. The molecule has 0 aromatic carbocycles. The maximum Gasteiger partial charge on any atom is 0.250 e. The first kappa shape index (κ1) is 15.9. The van der Waals surface area contributed by atoms with Gasteiger partial charge in [0.15, 0.2) is 0 Å². The van der Waals surface area contributed by atoms with Gasteiger partial charge in [0.25, 0.3) is 0 Å². The van der Waals surface area contributed by atoms with Gasteiger partial charge in [-0.1, -0.05) is 13.8 Å². The zero-order chi connectivity index (χ0) is 14.8. The van der Waals surface area contributed by atoms with E-state index in [1.807, 2.05) is 13.0 Å². The Morgan fingerprint density at radius 2 is 2.20 bits per heavy atom. The van der Waals surface area contributed by atoms with E-state index in [0.717, 1.165) is 11.3 Å². The molecule has 2 unspecified atom stereocenters. The van der Waals surface area contributed by atoms with Crippen LogP contribution in [0.5, 0.6) is 0 Å². The van der Waals surface area contributed by atoms with Gasteiger partial charge in [-0.15, -0.1) is 11.3 Å². The summed E-state index contributed by atoms with van der Waals surface area (Å²) in [7, 11) is -3.43. The lowest BCUT2D eigenvalue weighted by Crippen LogP contribution is -2.38. The van der Waals surface area contributed by atoms with E-state index in [-0.39, 0.29) is 12.1 Å². The summed E-state index contributed by atoms with van der Waals surface area (Å²) in [6.45, 7) is 7.33. The van der Waals surface area contributed by atoms with Gasteiger partial charge in [-0.05, 0) is 25.5 Å². The largest absolute Gasteiger partial charge is 0.377 e. The van der Waals surface area contributed by atoms with Crippen LogP contribution in [-0.4, -0.2) is 33.2 Å². The Morgan fingerprint density at radius 1 is 1.45 bits per heavy atom. The van der Waals surface area contributed by atoms with E-state index < -0.39 is 10.0 Å². The Kier molecular flexibility index (Phi) is 5.19. The Morgan fingerprint density at radius 3 is 2.80 bits per heavy atom. The van der Waals surface area contributed by atoms with Crippen molar-refractivity contribution in [3.63, 3.8) is 0 Å². The molecule has 1 aromatic heterocycles. The summed E-state index contributed by atoms with van der Waals surface area (Å²) < 4.78 is 33.1. The average Bonchev–Trinajstić information content (AvgIpc) is 2.97. The summed E-state index contributed by atoms with van der Waals surface area (Å²) in [5.74, 6) is 0. The number of rotatable bonds is 6. The van der Waals surface area contributed by atoms with Gasteiger partial charge in [-0.25, -0.2) is 13.1 Å². The van der Waals surface area contributed by atoms with Crippen LogP contribution in [0.3, 0.4) is 0 Å². The van der Waals surface area contributed by atoms with E-state index in [2.05, 4.69) is 23.9 Å². The number of ether oxygens (including phenoxy) is 1. The lowest BCUT2D eigenvalue weighted by molar-refractivity contribution is 0.117. The van der Waals surface area contributed by atoms with Crippen molar-refractivity contribution in [3.8, 4) is 0 Å². The first-order valence-corrected chi connectivity index (χ1v) is 9.14. The molecule has 1 fully saturated rings. The van der Waals surface area contributed by atoms with Crippen LogP contribution in [0, 0.1) is 0 Å². The number of nitrogens with one attached hydrogen (secondary N) is 2. The summed E-state index contributed by atoms with van der Waals surface area (Å²) >= 11 is 1.31. The fourth-order valence-electron chi connectivity index (χ4n) is 2.05. The highest BCUT2D eigenvalue weighted by molar-refractivity contribution is 7.91. The molecule has 0 spiro atoms. The number of thiophene rings is 1. The van der Waals surface area contributed by atoms with Gasteiger partial charge >= 0.3 is 0 Å². The summed E-state index contributed by atoms with van der Waals surface area (Å²) in [5.41, 5.74) is 0. The molecule has 0 saturated carbocycles. The predicted octanol–water partition coefficient (Wildman–Crippen LogP) is 1.70. The molecule has 1 aliphatic rings. The van der Waals surface area contributed by atoms with E-state index >= 15 is 0 Å². The van der Waals surface area contributed by atoms with Gasteiger partial charge < -0.3 is 10.1 Å². The molecule has 0 radical (unpaired) electrons. The fourth-order valence-corrected chi connectivity index (χ4v) is 4.71. The van der Waals surface area contributed by atoms with Crippen LogP contribution in [0.2, 0.25) is 0 Å². The summed E-state index contributed by atoms with van der Waals surface area (Å²) in [6.07, 6.45) is 0.667. The molecule has 2 atom stereocenters.